The van der Waals surface area contributed by atoms with Crippen molar-refractivity contribution >= 4 is 0 Å². The maximum atomic E-state index is 5.06. The Labute approximate surface area is 92.1 Å². The monoisotopic (exact) mass is 207 g/mol. The number of nitrogens with one attached hydrogen (secondary N) is 1. The summed E-state index contributed by atoms with van der Waals surface area (Å²) in [6.07, 6.45) is 13.3. The first-order chi connectivity index (χ1) is 7.45. The Hall–Kier alpha value is -0.760. The molecule has 15 heavy (non-hydrogen) atoms. The number of furan rings is 1. The molecule has 0 aromatic carbocycles. The Morgan fingerprint density at radius 1 is 1.13 bits per heavy atom. The van der Waals surface area contributed by atoms with Gasteiger partial charge in [-0.2, -0.15) is 0 Å². The molecule has 0 amide bonds. The van der Waals surface area contributed by atoms with Gasteiger partial charge in [-0.15, -0.1) is 0 Å². The van der Waals surface area contributed by atoms with E-state index < -0.39 is 0 Å². The molecule has 1 saturated carbocycles. The normalized spacial score (nSPS) is 19.7. The van der Waals surface area contributed by atoms with E-state index in [4.69, 9.17) is 4.42 Å². The summed E-state index contributed by atoms with van der Waals surface area (Å²) in [5, 5.41) is 3.63. The van der Waals surface area contributed by atoms with Crippen LogP contribution in [-0.4, -0.2) is 6.04 Å². The fraction of sp³-hybridized carbons (Fsp3) is 0.692. The summed E-state index contributed by atoms with van der Waals surface area (Å²) in [5.41, 5.74) is 1.26. The Kier molecular flexibility index (Phi) is 4.27. The predicted molar refractivity (Wildman–Crippen MR) is 61.7 cm³/mol. The molecule has 1 aromatic heterocycles. The molecule has 2 rings (SSSR count). The minimum atomic E-state index is 0.722. The van der Waals surface area contributed by atoms with Crippen LogP contribution >= 0.6 is 0 Å². The van der Waals surface area contributed by atoms with Crippen molar-refractivity contribution in [2.45, 2.75) is 57.5 Å². The van der Waals surface area contributed by atoms with Crippen LogP contribution in [0, 0.1) is 0 Å². The van der Waals surface area contributed by atoms with E-state index in [1.54, 1.807) is 6.26 Å². The van der Waals surface area contributed by atoms with E-state index in [9.17, 15) is 0 Å². The highest BCUT2D eigenvalue weighted by molar-refractivity contribution is 5.04. The summed E-state index contributed by atoms with van der Waals surface area (Å²) in [6, 6.07) is 2.76. The molecule has 2 heteroatoms. The highest BCUT2D eigenvalue weighted by Gasteiger charge is 2.10. The van der Waals surface area contributed by atoms with Gasteiger partial charge >= 0.3 is 0 Å². The van der Waals surface area contributed by atoms with Crippen LogP contribution < -0.4 is 5.32 Å². The fourth-order valence-electron chi connectivity index (χ4n) is 2.32. The van der Waals surface area contributed by atoms with E-state index in [0.29, 0.717) is 0 Å². The van der Waals surface area contributed by atoms with Gasteiger partial charge in [0.25, 0.3) is 0 Å². The molecule has 1 fully saturated rings. The molecule has 1 aliphatic carbocycles. The molecule has 2 nitrogen and oxygen atoms in total. The molecule has 0 bridgehead atoms. The standard InChI is InChI=1S/C13H21NO/c1-2-4-6-13(7-5-3-1)14-10-12-8-9-15-11-12/h8-9,11,13-14H,1-7,10H2. The van der Waals surface area contributed by atoms with E-state index in [1.807, 2.05) is 12.3 Å². The van der Waals surface area contributed by atoms with Crippen LogP contribution in [0.15, 0.2) is 23.0 Å². The maximum absolute atomic E-state index is 5.06. The lowest BCUT2D eigenvalue weighted by Gasteiger charge is -2.20. The van der Waals surface area contributed by atoms with Gasteiger partial charge in [-0.05, 0) is 18.9 Å². The van der Waals surface area contributed by atoms with Crippen molar-refractivity contribution in [1.29, 1.82) is 0 Å². The van der Waals surface area contributed by atoms with Crippen molar-refractivity contribution in [2.24, 2.45) is 0 Å². The molecule has 0 unspecified atom stereocenters. The molecule has 1 aliphatic rings. The first kappa shape index (κ1) is 10.7. The Bertz CT molecular complexity index is 248. The quantitative estimate of drug-likeness (QED) is 0.820. The first-order valence-electron chi connectivity index (χ1n) is 6.19. The third-order valence-electron chi connectivity index (χ3n) is 3.28. The lowest BCUT2D eigenvalue weighted by Crippen LogP contribution is -2.29. The van der Waals surface area contributed by atoms with E-state index in [0.717, 1.165) is 12.6 Å². The highest BCUT2D eigenvalue weighted by Crippen LogP contribution is 2.17. The largest absolute Gasteiger partial charge is 0.472 e. The SMILES string of the molecule is c1cc(CNC2CCCCCCC2)co1. The van der Waals surface area contributed by atoms with Crippen LogP contribution in [0.4, 0.5) is 0 Å². The molecule has 0 aliphatic heterocycles. The average Bonchev–Trinajstić information content (AvgIpc) is 2.68. The van der Waals surface area contributed by atoms with Gasteiger partial charge in [0.05, 0.1) is 12.5 Å². The molecular weight excluding hydrogens is 186 g/mol. The van der Waals surface area contributed by atoms with Gasteiger partial charge < -0.3 is 9.73 Å². The summed E-state index contributed by atoms with van der Waals surface area (Å²) in [4.78, 5) is 0. The topological polar surface area (TPSA) is 25.2 Å². The van der Waals surface area contributed by atoms with Crippen molar-refractivity contribution in [1.82, 2.24) is 5.32 Å². The van der Waals surface area contributed by atoms with Crippen LogP contribution in [-0.2, 0) is 6.54 Å². The summed E-state index contributed by atoms with van der Waals surface area (Å²) >= 11 is 0. The molecule has 1 aromatic rings. The number of rotatable bonds is 3. The van der Waals surface area contributed by atoms with E-state index in [2.05, 4.69) is 5.32 Å². The van der Waals surface area contributed by atoms with Gasteiger partial charge in [0.15, 0.2) is 0 Å². The zero-order valence-electron chi connectivity index (χ0n) is 9.37. The highest BCUT2D eigenvalue weighted by atomic mass is 16.3. The first-order valence-corrected chi connectivity index (χ1v) is 6.19. The molecule has 0 saturated heterocycles. The van der Waals surface area contributed by atoms with Gasteiger partial charge in [0.2, 0.25) is 0 Å². The second kappa shape index (κ2) is 5.96. The van der Waals surface area contributed by atoms with Crippen molar-refractivity contribution < 1.29 is 4.42 Å². The van der Waals surface area contributed by atoms with E-state index in [1.165, 1.54) is 50.5 Å². The molecule has 0 spiro atoms. The molecule has 84 valence electrons. The van der Waals surface area contributed by atoms with Crippen molar-refractivity contribution in [3.8, 4) is 0 Å². The number of hydrogen-bond acceptors (Lipinski definition) is 2. The Morgan fingerprint density at radius 2 is 1.87 bits per heavy atom. The third kappa shape index (κ3) is 3.71. The molecule has 0 radical (unpaired) electrons. The Morgan fingerprint density at radius 3 is 2.53 bits per heavy atom. The lowest BCUT2D eigenvalue weighted by atomic mass is 9.96. The van der Waals surface area contributed by atoms with E-state index >= 15 is 0 Å². The zero-order chi connectivity index (χ0) is 10.3. The minimum Gasteiger partial charge on any atom is -0.472 e. The van der Waals surface area contributed by atoms with Gasteiger partial charge in [-0.3, -0.25) is 0 Å². The second-order valence-corrected chi connectivity index (χ2v) is 4.55. The average molecular weight is 207 g/mol. The predicted octanol–water partition coefficient (Wildman–Crippen LogP) is 3.48. The maximum Gasteiger partial charge on any atom is 0.0947 e. The second-order valence-electron chi connectivity index (χ2n) is 4.55. The van der Waals surface area contributed by atoms with Crippen LogP contribution in [0.1, 0.15) is 50.5 Å². The lowest BCUT2D eigenvalue weighted by molar-refractivity contribution is 0.388. The van der Waals surface area contributed by atoms with Crippen molar-refractivity contribution in [2.75, 3.05) is 0 Å². The fourth-order valence-corrected chi connectivity index (χ4v) is 2.32. The summed E-state index contributed by atoms with van der Waals surface area (Å²) < 4.78 is 5.06. The molecular formula is C13H21NO. The Balaban J connectivity index is 1.72. The van der Waals surface area contributed by atoms with Crippen LogP contribution in [0.5, 0.6) is 0 Å². The minimum absolute atomic E-state index is 0.722. The van der Waals surface area contributed by atoms with Crippen molar-refractivity contribution in [3.63, 3.8) is 0 Å². The van der Waals surface area contributed by atoms with Gasteiger partial charge in [0.1, 0.15) is 0 Å². The third-order valence-corrected chi connectivity index (χ3v) is 3.28. The number of hydrogen-bond donors (Lipinski definition) is 1. The van der Waals surface area contributed by atoms with Gasteiger partial charge in [-0.1, -0.05) is 32.1 Å². The summed E-state index contributed by atoms with van der Waals surface area (Å²) in [6.45, 7) is 0.959. The smallest absolute Gasteiger partial charge is 0.0947 e. The van der Waals surface area contributed by atoms with Crippen LogP contribution in [0.2, 0.25) is 0 Å². The molecule has 1 heterocycles. The molecule has 0 atom stereocenters. The van der Waals surface area contributed by atoms with Gasteiger partial charge in [0, 0.05) is 18.2 Å². The van der Waals surface area contributed by atoms with Crippen LogP contribution in [0.3, 0.4) is 0 Å². The van der Waals surface area contributed by atoms with Gasteiger partial charge in [-0.25, -0.2) is 0 Å². The summed E-state index contributed by atoms with van der Waals surface area (Å²) in [5.74, 6) is 0. The van der Waals surface area contributed by atoms with E-state index in [-0.39, 0.29) is 0 Å². The molecule has 1 N–H and O–H groups in total. The zero-order valence-corrected chi connectivity index (χ0v) is 9.37. The van der Waals surface area contributed by atoms with Crippen molar-refractivity contribution in [3.05, 3.63) is 24.2 Å². The summed E-state index contributed by atoms with van der Waals surface area (Å²) in [7, 11) is 0. The van der Waals surface area contributed by atoms with Crippen LogP contribution in [0.25, 0.3) is 0 Å².